The standard InChI is InChI=1S/C19H20ClNO2S2/c1-11-10-13(20)5-6-14(11)21-18(22)17-12(2)16-15(23-17)4-3-7-19(16)24-8-9-25-19/h5-6,10H,3-4,7-9H2,1-2H3,(H,21,22). The number of anilines is 1. The highest BCUT2D eigenvalue weighted by atomic mass is 35.5. The number of carbonyl (C=O) groups excluding carboxylic acids is 1. The summed E-state index contributed by atoms with van der Waals surface area (Å²) in [4.78, 5) is 12.8. The third-order valence-corrected chi connectivity index (χ3v) is 8.67. The van der Waals surface area contributed by atoms with Crippen LogP contribution in [0.1, 0.15) is 45.8 Å². The van der Waals surface area contributed by atoms with Crippen molar-refractivity contribution >= 4 is 46.7 Å². The summed E-state index contributed by atoms with van der Waals surface area (Å²) in [6, 6.07) is 5.46. The van der Waals surface area contributed by atoms with E-state index in [-0.39, 0.29) is 9.99 Å². The van der Waals surface area contributed by atoms with Gasteiger partial charge in [-0.1, -0.05) is 11.6 Å². The average molecular weight is 394 g/mol. The number of hydrogen-bond acceptors (Lipinski definition) is 4. The molecule has 2 heterocycles. The van der Waals surface area contributed by atoms with Gasteiger partial charge in [0.25, 0.3) is 5.91 Å². The van der Waals surface area contributed by atoms with Gasteiger partial charge in [0.05, 0.1) is 4.08 Å². The lowest BCUT2D eigenvalue weighted by Crippen LogP contribution is -2.21. The zero-order valence-electron chi connectivity index (χ0n) is 14.3. The predicted molar refractivity (Wildman–Crippen MR) is 107 cm³/mol. The van der Waals surface area contributed by atoms with Crippen LogP contribution < -0.4 is 5.32 Å². The van der Waals surface area contributed by atoms with E-state index in [1.54, 1.807) is 6.07 Å². The first-order valence-electron chi connectivity index (χ1n) is 8.48. The molecule has 1 saturated heterocycles. The molecule has 1 spiro atoms. The van der Waals surface area contributed by atoms with E-state index < -0.39 is 0 Å². The second-order valence-corrected chi connectivity index (χ2v) is 10.1. The molecule has 1 amide bonds. The highest BCUT2D eigenvalue weighted by Crippen LogP contribution is 2.59. The Morgan fingerprint density at radius 2 is 2.04 bits per heavy atom. The van der Waals surface area contributed by atoms with Crippen LogP contribution in [-0.4, -0.2) is 17.4 Å². The van der Waals surface area contributed by atoms with Crippen LogP contribution in [0.2, 0.25) is 5.02 Å². The van der Waals surface area contributed by atoms with E-state index in [9.17, 15) is 4.79 Å². The lowest BCUT2D eigenvalue weighted by atomic mass is 9.94. The molecule has 1 aliphatic carbocycles. The molecule has 1 aliphatic heterocycles. The van der Waals surface area contributed by atoms with Crippen LogP contribution in [0.25, 0.3) is 0 Å². The third kappa shape index (κ3) is 3.00. The molecule has 0 saturated carbocycles. The first kappa shape index (κ1) is 17.4. The fourth-order valence-electron chi connectivity index (χ4n) is 3.76. The molecule has 1 aromatic heterocycles. The summed E-state index contributed by atoms with van der Waals surface area (Å²) in [5.74, 6) is 3.61. The Morgan fingerprint density at radius 3 is 2.76 bits per heavy atom. The number of nitrogens with one attached hydrogen (secondary N) is 1. The van der Waals surface area contributed by atoms with E-state index >= 15 is 0 Å². The van der Waals surface area contributed by atoms with E-state index in [2.05, 4.69) is 5.32 Å². The minimum absolute atomic E-state index is 0.0931. The molecule has 3 nitrogen and oxygen atoms in total. The first-order chi connectivity index (χ1) is 12.0. The van der Waals surface area contributed by atoms with Crippen molar-refractivity contribution in [2.45, 2.75) is 37.2 Å². The average Bonchev–Trinajstić information content (AvgIpc) is 3.16. The number of hydrogen-bond donors (Lipinski definition) is 1. The van der Waals surface area contributed by atoms with Crippen LogP contribution in [-0.2, 0) is 10.5 Å². The fraction of sp³-hybridized carbons (Fsp3) is 0.421. The van der Waals surface area contributed by atoms with E-state index in [4.69, 9.17) is 16.0 Å². The van der Waals surface area contributed by atoms with Gasteiger partial charge in [-0.15, -0.1) is 23.5 Å². The summed E-state index contributed by atoms with van der Waals surface area (Å²) in [6.45, 7) is 3.96. The maximum atomic E-state index is 12.8. The summed E-state index contributed by atoms with van der Waals surface area (Å²) in [7, 11) is 0. The van der Waals surface area contributed by atoms with Crippen LogP contribution in [0.4, 0.5) is 5.69 Å². The number of halogens is 1. The normalized spacial score (nSPS) is 18.4. The van der Waals surface area contributed by atoms with Gasteiger partial charge < -0.3 is 9.73 Å². The maximum Gasteiger partial charge on any atom is 0.291 e. The zero-order chi connectivity index (χ0) is 17.6. The van der Waals surface area contributed by atoms with Gasteiger partial charge in [0.2, 0.25) is 0 Å². The molecule has 1 N–H and O–H groups in total. The van der Waals surface area contributed by atoms with Gasteiger partial charge in [-0.25, -0.2) is 0 Å². The van der Waals surface area contributed by atoms with E-state index in [0.29, 0.717) is 10.8 Å². The Hall–Kier alpha value is -1.04. The van der Waals surface area contributed by atoms with E-state index in [1.165, 1.54) is 17.1 Å². The number of benzene rings is 1. The molecule has 25 heavy (non-hydrogen) atoms. The first-order valence-corrected chi connectivity index (χ1v) is 10.8. The van der Waals surface area contributed by atoms with Crippen molar-refractivity contribution in [3.8, 4) is 0 Å². The van der Waals surface area contributed by atoms with Gasteiger partial charge in [-0.3, -0.25) is 4.79 Å². The Kier molecular flexibility index (Phi) is 4.59. The second-order valence-electron chi connectivity index (χ2n) is 6.57. The van der Waals surface area contributed by atoms with Crippen molar-refractivity contribution in [1.29, 1.82) is 0 Å². The smallest absolute Gasteiger partial charge is 0.291 e. The second kappa shape index (κ2) is 6.60. The van der Waals surface area contributed by atoms with Gasteiger partial charge in [-0.2, -0.15) is 0 Å². The monoisotopic (exact) mass is 393 g/mol. The van der Waals surface area contributed by atoms with Crippen LogP contribution in [0, 0.1) is 13.8 Å². The van der Waals surface area contributed by atoms with Crippen molar-refractivity contribution in [2.75, 3.05) is 16.8 Å². The van der Waals surface area contributed by atoms with Crippen molar-refractivity contribution in [3.63, 3.8) is 0 Å². The SMILES string of the molecule is Cc1cc(Cl)ccc1NC(=O)c1oc2c(c1C)C1(CCC2)SCCS1. The van der Waals surface area contributed by atoms with Gasteiger partial charge in [0, 0.05) is 39.8 Å². The van der Waals surface area contributed by atoms with Crippen molar-refractivity contribution in [3.05, 3.63) is 51.4 Å². The summed E-state index contributed by atoms with van der Waals surface area (Å²) >= 11 is 10.0. The zero-order valence-corrected chi connectivity index (χ0v) is 16.7. The molecule has 1 fully saturated rings. The highest BCUT2D eigenvalue weighted by Gasteiger charge is 2.45. The number of furan rings is 1. The Labute approximate surface area is 161 Å². The van der Waals surface area contributed by atoms with Gasteiger partial charge in [0.15, 0.2) is 5.76 Å². The highest BCUT2D eigenvalue weighted by molar-refractivity contribution is 8.20. The van der Waals surface area contributed by atoms with E-state index in [0.717, 1.165) is 41.8 Å². The number of fused-ring (bicyclic) bond motifs is 2. The summed E-state index contributed by atoms with van der Waals surface area (Å²) in [5, 5.41) is 3.64. The molecular formula is C19H20ClNO2S2. The molecule has 2 aliphatic rings. The number of rotatable bonds is 2. The van der Waals surface area contributed by atoms with Gasteiger partial charge >= 0.3 is 0 Å². The number of thioether (sulfide) groups is 2. The Morgan fingerprint density at radius 1 is 1.28 bits per heavy atom. The minimum atomic E-state index is -0.180. The molecule has 0 bridgehead atoms. The molecule has 1 aromatic carbocycles. The van der Waals surface area contributed by atoms with Crippen LogP contribution in [0.15, 0.2) is 22.6 Å². The molecule has 0 atom stereocenters. The lowest BCUT2D eigenvalue weighted by molar-refractivity contribution is 0.0994. The number of carbonyl (C=O) groups is 1. The molecule has 132 valence electrons. The summed E-state index contributed by atoms with van der Waals surface area (Å²) in [6.07, 6.45) is 3.21. The van der Waals surface area contributed by atoms with Crippen LogP contribution in [0.5, 0.6) is 0 Å². The molecule has 4 rings (SSSR count). The quantitative estimate of drug-likeness (QED) is 0.703. The van der Waals surface area contributed by atoms with Crippen LogP contribution in [0.3, 0.4) is 0 Å². The maximum absolute atomic E-state index is 12.8. The Balaban J connectivity index is 1.67. The fourth-order valence-corrected chi connectivity index (χ4v) is 7.55. The van der Waals surface area contributed by atoms with Crippen LogP contribution >= 0.6 is 35.1 Å². The van der Waals surface area contributed by atoms with E-state index in [1.807, 2.05) is 49.5 Å². The van der Waals surface area contributed by atoms with Crippen molar-refractivity contribution in [2.24, 2.45) is 0 Å². The third-order valence-electron chi connectivity index (χ3n) is 4.91. The summed E-state index contributed by atoms with van der Waals surface area (Å²) in [5.41, 5.74) is 3.97. The van der Waals surface area contributed by atoms with Crippen molar-refractivity contribution < 1.29 is 9.21 Å². The van der Waals surface area contributed by atoms with Crippen molar-refractivity contribution in [1.82, 2.24) is 0 Å². The molecule has 6 heteroatoms. The largest absolute Gasteiger partial charge is 0.455 e. The topological polar surface area (TPSA) is 42.2 Å². The van der Waals surface area contributed by atoms with Gasteiger partial charge in [0.1, 0.15) is 5.76 Å². The van der Waals surface area contributed by atoms with Gasteiger partial charge in [-0.05, 0) is 50.5 Å². The summed E-state index contributed by atoms with van der Waals surface area (Å²) < 4.78 is 6.15. The lowest BCUT2D eigenvalue weighted by Gasteiger charge is -2.31. The Bertz CT molecular complexity index is 840. The predicted octanol–water partition coefficient (Wildman–Crippen LogP) is 5.77. The molecule has 0 unspecified atom stereocenters. The number of aryl methyl sites for hydroxylation is 2. The molecular weight excluding hydrogens is 374 g/mol. The molecule has 0 radical (unpaired) electrons. The minimum Gasteiger partial charge on any atom is -0.455 e. The number of amides is 1. The molecule has 2 aromatic rings.